The number of hydrogen-bond acceptors (Lipinski definition) is 2. The summed E-state index contributed by atoms with van der Waals surface area (Å²) in [6.07, 6.45) is 8.35. The Kier molecular flexibility index (Phi) is 5.41. The molecule has 3 rings (SSSR count). The zero-order valence-electron chi connectivity index (χ0n) is 13.2. The van der Waals surface area contributed by atoms with E-state index in [9.17, 15) is 4.39 Å². The molecule has 0 aliphatic heterocycles. The van der Waals surface area contributed by atoms with Gasteiger partial charge < -0.3 is 4.84 Å². The number of oxime groups is 1. The molecule has 0 bridgehead atoms. The molecule has 0 spiro atoms. The van der Waals surface area contributed by atoms with E-state index in [1.807, 2.05) is 0 Å². The number of hydrogen-bond donors (Lipinski definition) is 0. The molecule has 0 aromatic heterocycles. The van der Waals surface area contributed by atoms with Crippen molar-refractivity contribution in [2.75, 3.05) is 0 Å². The molecule has 1 aliphatic carbocycles. The fraction of sp³-hybridized carbons (Fsp3) is 0.350. The van der Waals surface area contributed by atoms with E-state index in [2.05, 4.69) is 29.4 Å². The monoisotopic (exact) mass is 311 g/mol. The van der Waals surface area contributed by atoms with Crippen molar-refractivity contribution in [2.45, 2.75) is 44.6 Å². The van der Waals surface area contributed by atoms with Crippen molar-refractivity contribution < 1.29 is 9.23 Å². The second-order valence-corrected chi connectivity index (χ2v) is 6.10. The van der Waals surface area contributed by atoms with Crippen LogP contribution in [-0.4, -0.2) is 6.21 Å². The van der Waals surface area contributed by atoms with Gasteiger partial charge in [0.2, 0.25) is 0 Å². The Morgan fingerprint density at radius 2 is 1.74 bits per heavy atom. The summed E-state index contributed by atoms with van der Waals surface area (Å²) in [7, 11) is 0. The van der Waals surface area contributed by atoms with Crippen molar-refractivity contribution in [3.8, 4) is 0 Å². The number of halogens is 1. The van der Waals surface area contributed by atoms with Crippen molar-refractivity contribution in [3.63, 3.8) is 0 Å². The average molecular weight is 311 g/mol. The predicted molar refractivity (Wildman–Crippen MR) is 91.1 cm³/mol. The summed E-state index contributed by atoms with van der Waals surface area (Å²) in [5, 5.41) is 3.93. The smallest absolute Gasteiger partial charge is 0.145 e. The zero-order chi connectivity index (χ0) is 15.9. The van der Waals surface area contributed by atoms with E-state index in [1.165, 1.54) is 43.7 Å². The van der Waals surface area contributed by atoms with Crippen molar-refractivity contribution in [2.24, 2.45) is 5.16 Å². The third-order valence-corrected chi connectivity index (χ3v) is 4.47. The molecule has 1 aliphatic rings. The first-order valence-electron chi connectivity index (χ1n) is 8.31. The summed E-state index contributed by atoms with van der Waals surface area (Å²) in [5.41, 5.74) is 2.93. The summed E-state index contributed by atoms with van der Waals surface area (Å²) >= 11 is 0. The maximum Gasteiger partial charge on any atom is 0.145 e. The standard InChI is InChI=1S/C20H22FNO/c21-20-9-5-4-8-19(20)15-23-22-14-16-10-12-18(13-11-16)17-6-2-1-3-7-17/h4-5,8-14,17H,1-3,6-7,15H2. The van der Waals surface area contributed by atoms with Gasteiger partial charge in [0.05, 0.1) is 6.21 Å². The van der Waals surface area contributed by atoms with Crippen LogP contribution < -0.4 is 0 Å². The number of rotatable bonds is 5. The van der Waals surface area contributed by atoms with E-state index in [-0.39, 0.29) is 12.4 Å². The first-order valence-corrected chi connectivity index (χ1v) is 8.31. The number of nitrogens with zero attached hydrogens (tertiary/aromatic N) is 1. The van der Waals surface area contributed by atoms with Crippen LogP contribution in [0, 0.1) is 5.82 Å². The van der Waals surface area contributed by atoms with Gasteiger partial charge in [0.25, 0.3) is 0 Å². The molecule has 120 valence electrons. The van der Waals surface area contributed by atoms with Gasteiger partial charge in [0, 0.05) is 5.56 Å². The maximum absolute atomic E-state index is 13.4. The molecule has 0 atom stereocenters. The molecule has 0 unspecified atom stereocenters. The minimum Gasteiger partial charge on any atom is -0.391 e. The Morgan fingerprint density at radius 1 is 1.00 bits per heavy atom. The molecule has 2 aromatic carbocycles. The van der Waals surface area contributed by atoms with E-state index in [0.29, 0.717) is 11.5 Å². The SMILES string of the molecule is Fc1ccccc1CON=Cc1ccc(C2CCCCC2)cc1. The molecule has 2 aromatic rings. The fourth-order valence-corrected chi connectivity index (χ4v) is 3.11. The van der Waals surface area contributed by atoms with Crippen molar-refractivity contribution in [3.05, 3.63) is 71.0 Å². The highest BCUT2D eigenvalue weighted by molar-refractivity contribution is 5.79. The predicted octanol–water partition coefficient (Wildman–Crippen LogP) is 5.42. The minimum atomic E-state index is -0.264. The molecule has 0 heterocycles. The van der Waals surface area contributed by atoms with Crippen LogP contribution in [0.1, 0.15) is 54.7 Å². The van der Waals surface area contributed by atoms with Crippen molar-refractivity contribution in [1.29, 1.82) is 0 Å². The highest BCUT2D eigenvalue weighted by Gasteiger charge is 2.14. The molecule has 0 N–H and O–H groups in total. The molecule has 0 radical (unpaired) electrons. The van der Waals surface area contributed by atoms with E-state index >= 15 is 0 Å². The topological polar surface area (TPSA) is 21.6 Å². The van der Waals surface area contributed by atoms with Crippen molar-refractivity contribution >= 4 is 6.21 Å². The fourth-order valence-electron chi connectivity index (χ4n) is 3.11. The van der Waals surface area contributed by atoms with Crippen LogP contribution in [0.15, 0.2) is 53.7 Å². The Bertz CT molecular complexity index is 645. The largest absolute Gasteiger partial charge is 0.391 e. The lowest BCUT2D eigenvalue weighted by Crippen LogP contribution is -2.04. The molecule has 23 heavy (non-hydrogen) atoms. The summed E-state index contributed by atoms with van der Waals surface area (Å²) in [4.78, 5) is 5.18. The Balaban J connectivity index is 1.52. The van der Waals surface area contributed by atoms with Crippen LogP contribution in [-0.2, 0) is 11.4 Å². The molecule has 3 heteroatoms. The van der Waals surface area contributed by atoms with Gasteiger partial charge in [-0.2, -0.15) is 0 Å². The summed E-state index contributed by atoms with van der Waals surface area (Å²) in [5.74, 6) is 0.451. The Hall–Kier alpha value is -2.16. The lowest BCUT2D eigenvalue weighted by Gasteiger charge is -2.21. The highest BCUT2D eigenvalue weighted by Crippen LogP contribution is 2.32. The van der Waals surface area contributed by atoms with E-state index in [4.69, 9.17) is 4.84 Å². The lowest BCUT2D eigenvalue weighted by atomic mass is 9.84. The first kappa shape index (κ1) is 15.7. The van der Waals surface area contributed by atoms with Gasteiger partial charge in [-0.1, -0.05) is 66.9 Å². The quantitative estimate of drug-likeness (QED) is 0.533. The van der Waals surface area contributed by atoms with Gasteiger partial charge in [-0.3, -0.25) is 0 Å². The average Bonchev–Trinajstić information content (AvgIpc) is 2.61. The van der Waals surface area contributed by atoms with Gasteiger partial charge in [-0.25, -0.2) is 4.39 Å². The summed E-state index contributed by atoms with van der Waals surface area (Å²) in [6.45, 7) is 0.142. The Labute approximate surface area is 137 Å². The molecule has 1 saturated carbocycles. The van der Waals surface area contributed by atoms with Gasteiger partial charge in [0.15, 0.2) is 0 Å². The van der Waals surface area contributed by atoms with Crippen LogP contribution in [0.5, 0.6) is 0 Å². The van der Waals surface area contributed by atoms with Crippen LogP contribution in [0.2, 0.25) is 0 Å². The summed E-state index contributed by atoms with van der Waals surface area (Å²) in [6, 6.07) is 15.1. The number of benzene rings is 2. The van der Waals surface area contributed by atoms with Gasteiger partial charge in [-0.15, -0.1) is 0 Å². The van der Waals surface area contributed by atoms with E-state index < -0.39 is 0 Å². The van der Waals surface area contributed by atoms with Gasteiger partial charge in [-0.05, 0) is 36.0 Å². The second kappa shape index (κ2) is 7.91. The third kappa shape index (κ3) is 4.41. The van der Waals surface area contributed by atoms with Crippen LogP contribution in [0.4, 0.5) is 4.39 Å². The van der Waals surface area contributed by atoms with Crippen LogP contribution in [0.3, 0.4) is 0 Å². The molecule has 1 fully saturated rings. The normalized spacial score (nSPS) is 15.9. The minimum absolute atomic E-state index is 0.142. The van der Waals surface area contributed by atoms with Gasteiger partial charge >= 0.3 is 0 Å². The van der Waals surface area contributed by atoms with Crippen LogP contribution >= 0.6 is 0 Å². The third-order valence-electron chi connectivity index (χ3n) is 4.47. The maximum atomic E-state index is 13.4. The lowest BCUT2D eigenvalue weighted by molar-refractivity contribution is 0.129. The van der Waals surface area contributed by atoms with Gasteiger partial charge in [0.1, 0.15) is 12.4 Å². The first-order chi connectivity index (χ1) is 11.3. The molecular formula is C20H22FNO. The molecule has 2 nitrogen and oxygen atoms in total. The Morgan fingerprint density at radius 3 is 2.48 bits per heavy atom. The second-order valence-electron chi connectivity index (χ2n) is 6.10. The molecule has 0 amide bonds. The van der Waals surface area contributed by atoms with Crippen LogP contribution in [0.25, 0.3) is 0 Å². The molecular weight excluding hydrogens is 289 g/mol. The highest BCUT2D eigenvalue weighted by atomic mass is 19.1. The summed E-state index contributed by atoms with van der Waals surface area (Å²) < 4.78 is 13.4. The van der Waals surface area contributed by atoms with E-state index in [1.54, 1.807) is 24.4 Å². The van der Waals surface area contributed by atoms with E-state index in [0.717, 1.165) is 5.56 Å². The molecule has 0 saturated heterocycles. The zero-order valence-corrected chi connectivity index (χ0v) is 13.2. The van der Waals surface area contributed by atoms with Crippen molar-refractivity contribution in [1.82, 2.24) is 0 Å².